The minimum Gasteiger partial charge on any atom is -0.348 e. The molecular weight excluding hydrogens is 169 g/mol. The third-order valence-electron chi connectivity index (χ3n) is 2.63. The Balaban J connectivity index is 2.48. The minimum atomic E-state index is 0.0272. The van der Waals surface area contributed by atoms with E-state index < -0.39 is 0 Å². The minimum absolute atomic E-state index is 0.0272. The maximum absolute atomic E-state index is 10.9. The quantitative estimate of drug-likeness (QED) is 0.496. The first kappa shape index (κ1) is 9.98. The van der Waals surface area contributed by atoms with E-state index in [4.69, 9.17) is 0 Å². The van der Waals surface area contributed by atoms with Crippen LogP contribution in [0.15, 0.2) is 0 Å². The number of nitrogens with one attached hydrogen (secondary N) is 1. The van der Waals surface area contributed by atoms with Crippen molar-refractivity contribution in [1.82, 2.24) is 5.32 Å². The van der Waals surface area contributed by atoms with Crippen molar-refractivity contribution in [2.75, 3.05) is 0 Å². The summed E-state index contributed by atoms with van der Waals surface area (Å²) in [6, 6.07) is 0. The molecule has 0 spiro atoms. The molecule has 0 radical (unpaired) electrons. The molecule has 0 heterocycles. The normalized spacial score (nSPS) is 22.8. The molecule has 1 aliphatic carbocycles. The lowest BCUT2D eigenvalue weighted by Crippen LogP contribution is -2.42. The van der Waals surface area contributed by atoms with Gasteiger partial charge in [-0.25, -0.2) is 0 Å². The molecule has 0 aromatic carbocycles. The van der Waals surface area contributed by atoms with E-state index in [1.54, 1.807) is 0 Å². The number of hydrogen-bond donors (Lipinski definition) is 1. The van der Waals surface area contributed by atoms with E-state index in [0.717, 1.165) is 12.8 Å². The highest BCUT2D eigenvalue weighted by Crippen LogP contribution is 2.26. The summed E-state index contributed by atoms with van der Waals surface area (Å²) in [6.45, 7) is 2.15. The molecule has 1 N–H and O–H groups in total. The Morgan fingerprint density at radius 1 is 1.25 bits per heavy atom. The highest BCUT2D eigenvalue weighted by molar-refractivity contribution is 7.39. The Morgan fingerprint density at radius 2 is 1.75 bits per heavy atom. The Labute approximate surface area is 76.7 Å². The van der Waals surface area contributed by atoms with Gasteiger partial charge < -0.3 is 5.32 Å². The van der Waals surface area contributed by atoms with Gasteiger partial charge in [-0.1, -0.05) is 25.7 Å². The van der Waals surface area contributed by atoms with Gasteiger partial charge >= 0.3 is 0 Å². The van der Waals surface area contributed by atoms with Crippen LogP contribution in [0, 0.1) is 0 Å². The van der Waals surface area contributed by atoms with Crippen molar-refractivity contribution in [2.24, 2.45) is 0 Å². The Morgan fingerprint density at radius 3 is 2.17 bits per heavy atom. The smallest absolute Gasteiger partial charge is 0.235 e. The van der Waals surface area contributed by atoms with Gasteiger partial charge in [0.1, 0.15) is 0 Å². The zero-order valence-electron chi connectivity index (χ0n) is 7.73. The van der Waals surface area contributed by atoms with Crippen molar-refractivity contribution in [1.29, 1.82) is 0 Å². The Hall–Kier alpha value is -0.100. The summed E-state index contributed by atoms with van der Waals surface area (Å²) in [5.41, 5.74) is 0.0920. The average Bonchev–Trinajstić information content (AvgIpc) is 2.12. The highest BCUT2D eigenvalue weighted by Gasteiger charge is 2.25. The van der Waals surface area contributed by atoms with Crippen LogP contribution in [-0.2, 0) is 0 Å². The average molecular weight is 187 g/mol. The molecule has 1 fully saturated rings. The van der Waals surface area contributed by atoms with E-state index >= 15 is 0 Å². The Kier molecular flexibility index (Phi) is 3.52. The predicted molar refractivity (Wildman–Crippen MR) is 54.3 cm³/mol. The molecule has 1 saturated carbocycles. The molecular formula is C9H18NOP. The summed E-state index contributed by atoms with van der Waals surface area (Å²) in [5, 5.41) is 3.02. The first-order chi connectivity index (χ1) is 5.62. The van der Waals surface area contributed by atoms with Crippen molar-refractivity contribution >= 4 is 14.9 Å². The molecule has 0 aliphatic heterocycles. The van der Waals surface area contributed by atoms with Gasteiger partial charge in [-0.3, -0.25) is 4.79 Å². The lowest BCUT2D eigenvalue weighted by atomic mass is 9.93. The van der Waals surface area contributed by atoms with Crippen LogP contribution in [-0.4, -0.2) is 11.2 Å². The summed E-state index contributed by atoms with van der Waals surface area (Å²) in [5.74, 6) is 0. The number of carbonyl (C=O) groups is 1. The topological polar surface area (TPSA) is 29.1 Å². The van der Waals surface area contributed by atoms with E-state index in [0.29, 0.717) is 0 Å². The molecule has 70 valence electrons. The number of hydrogen-bond acceptors (Lipinski definition) is 1. The third kappa shape index (κ3) is 3.10. The molecule has 1 unspecified atom stereocenters. The van der Waals surface area contributed by atoms with Gasteiger partial charge in [0.25, 0.3) is 0 Å². The van der Waals surface area contributed by atoms with Crippen molar-refractivity contribution < 1.29 is 4.79 Å². The monoisotopic (exact) mass is 187 g/mol. The van der Waals surface area contributed by atoms with Gasteiger partial charge in [0, 0.05) is 5.54 Å². The van der Waals surface area contributed by atoms with Crippen LogP contribution in [0.5, 0.6) is 0 Å². The lowest BCUT2D eigenvalue weighted by Gasteiger charge is -2.28. The summed E-state index contributed by atoms with van der Waals surface area (Å²) < 4.78 is 0. The molecule has 0 aromatic rings. The standard InChI is InChI=1S/C9H18NOP/c1-9(10-8(11)12)6-4-2-3-5-7-9/h2-7,12H2,1H3,(H,10,11). The fourth-order valence-electron chi connectivity index (χ4n) is 1.93. The molecule has 1 atom stereocenters. The van der Waals surface area contributed by atoms with Crippen LogP contribution in [0.2, 0.25) is 0 Å². The summed E-state index contributed by atoms with van der Waals surface area (Å²) in [4.78, 5) is 10.9. The summed E-state index contributed by atoms with van der Waals surface area (Å²) in [7, 11) is 2.19. The third-order valence-corrected chi connectivity index (χ3v) is 2.78. The van der Waals surface area contributed by atoms with E-state index in [1.807, 2.05) is 0 Å². The predicted octanol–water partition coefficient (Wildman–Crippen LogP) is 2.68. The van der Waals surface area contributed by atoms with Gasteiger partial charge in [-0.15, -0.1) is 0 Å². The first-order valence-corrected chi connectivity index (χ1v) is 5.28. The van der Waals surface area contributed by atoms with E-state index in [2.05, 4.69) is 21.5 Å². The molecule has 1 rings (SSSR count). The molecule has 0 aromatic heterocycles. The van der Waals surface area contributed by atoms with E-state index in [-0.39, 0.29) is 11.2 Å². The van der Waals surface area contributed by atoms with Crippen LogP contribution in [0.3, 0.4) is 0 Å². The maximum atomic E-state index is 10.9. The molecule has 0 saturated heterocycles. The summed E-state index contributed by atoms with van der Waals surface area (Å²) in [6.07, 6.45) is 7.41. The van der Waals surface area contributed by atoms with Gasteiger partial charge in [-0.2, -0.15) is 0 Å². The van der Waals surface area contributed by atoms with Crippen LogP contribution in [0.25, 0.3) is 0 Å². The number of rotatable bonds is 1. The van der Waals surface area contributed by atoms with Gasteiger partial charge in [0.2, 0.25) is 5.65 Å². The number of carbonyl (C=O) groups excluding carboxylic acids is 1. The van der Waals surface area contributed by atoms with Crippen LogP contribution >= 0.6 is 9.24 Å². The second-order valence-corrected chi connectivity index (χ2v) is 4.49. The molecule has 0 bridgehead atoms. The zero-order valence-corrected chi connectivity index (χ0v) is 8.88. The fraction of sp³-hybridized carbons (Fsp3) is 0.889. The molecule has 2 nitrogen and oxygen atoms in total. The zero-order chi connectivity index (χ0) is 9.03. The lowest BCUT2D eigenvalue weighted by molar-refractivity contribution is 0.243. The van der Waals surface area contributed by atoms with Gasteiger partial charge in [0.15, 0.2) is 0 Å². The second-order valence-electron chi connectivity index (χ2n) is 3.96. The Bertz CT molecular complexity index is 162. The van der Waals surface area contributed by atoms with Crippen LogP contribution in [0.4, 0.5) is 4.79 Å². The molecule has 3 heteroatoms. The maximum Gasteiger partial charge on any atom is 0.235 e. The van der Waals surface area contributed by atoms with Crippen LogP contribution in [0.1, 0.15) is 45.4 Å². The fourth-order valence-corrected chi connectivity index (χ4v) is 2.28. The molecule has 1 aliphatic rings. The first-order valence-electron chi connectivity index (χ1n) is 4.70. The molecule has 12 heavy (non-hydrogen) atoms. The van der Waals surface area contributed by atoms with Crippen LogP contribution < -0.4 is 5.32 Å². The van der Waals surface area contributed by atoms with Crippen molar-refractivity contribution in [3.63, 3.8) is 0 Å². The number of amides is 1. The van der Waals surface area contributed by atoms with Gasteiger partial charge in [0.05, 0.1) is 0 Å². The SMILES string of the molecule is CC1(NC(=O)P)CCCCCC1. The molecule has 1 amide bonds. The van der Waals surface area contributed by atoms with Crippen molar-refractivity contribution in [3.8, 4) is 0 Å². The second kappa shape index (κ2) is 4.23. The van der Waals surface area contributed by atoms with Crippen molar-refractivity contribution in [3.05, 3.63) is 0 Å². The van der Waals surface area contributed by atoms with Gasteiger partial charge in [-0.05, 0) is 29.0 Å². The largest absolute Gasteiger partial charge is 0.348 e. The van der Waals surface area contributed by atoms with E-state index in [9.17, 15) is 4.79 Å². The van der Waals surface area contributed by atoms with E-state index in [1.165, 1.54) is 25.7 Å². The van der Waals surface area contributed by atoms with Crippen molar-refractivity contribution in [2.45, 2.75) is 51.0 Å². The highest BCUT2D eigenvalue weighted by atomic mass is 31.0. The summed E-state index contributed by atoms with van der Waals surface area (Å²) >= 11 is 0.